The van der Waals surface area contributed by atoms with Gasteiger partial charge >= 0.3 is 0 Å². The summed E-state index contributed by atoms with van der Waals surface area (Å²) in [6.07, 6.45) is 2.57. The van der Waals surface area contributed by atoms with Gasteiger partial charge in [-0.25, -0.2) is 4.68 Å². The number of nitrogens with two attached hydrogens (primary N) is 1. The second-order valence-corrected chi connectivity index (χ2v) is 4.67. The second kappa shape index (κ2) is 5.79. The Morgan fingerprint density at radius 1 is 1.50 bits per heavy atom. The quantitative estimate of drug-likeness (QED) is 0.664. The van der Waals surface area contributed by atoms with E-state index in [0.29, 0.717) is 12.1 Å². The minimum atomic E-state index is -0.376. The van der Waals surface area contributed by atoms with Crippen LogP contribution in [0.4, 0.5) is 5.69 Å². The summed E-state index contributed by atoms with van der Waals surface area (Å²) in [6.45, 7) is 4.16. The molecule has 1 atom stereocenters. The molecule has 2 N–H and O–H groups in total. The minimum absolute atomic E-state index is 0.119. The maximum absolute atomic E-state index is 10.9. The molecule has 0 radical (unpaired) electrons. The Kier molecular flexibility index (Phi) is 4.09. The van der Waals surface area contributed by atoms with Crippen LogP contribution in [-0.2, 0) is 6.54 Å². The predicted molar refractivity (Wildman–Crippen MR) is 74.2 cm³/mol. The fourth-order valence-corrected chi connectivity index (χ4v) is 1.98. The molecule has 0 aliphatic carbocycles. The van der Waals surface area contributed by atoms with Crippen LogP contribution < -0.4 is 5.73 Å². The van der Waals surface area contributed by atoms with Gasteiger partial charge in [0.25, 0.3) is 5.69 Å². The topological polar surface area (TPSA) is 99.9 Å². The summed E-state index contributed by atoms with van der Waals surface area (Å²) in [5.74, 6) is 0. The maximum atomic E-state index is 10.9. The summed E-state index contributed by atoms with van der Waals surface area (Å²) in [5, 5.41) is 19.0. The number of rotatable bonds is 5. The molecule has 1 aromatic carbocycles. The SMILES string of the molecule is CCC(N)c1cn(Cc2cccc([N+](=O)[O-])c2C)nn1. The lowest BCUT2D eigenvalue weighted by Gasteiger charge is -2.06. The largest absolute Gasteiger partial charge is 0.323 e. The van der Waals surface area contributed by atoms with Crippen LogP contribution in [0.1, 0.15) is 36.2 Å². The van der Waals surface area contributed by atoms with Crippen LogP contribution in [0, 0.1) is 17.0 Å². The summed E-state index contributed by atoms with van der Waals surface area (Å²) in [6, 6.07) is 4.90. The van der Waals surface area contributed by atoms with Crippen LogP contribution in [0.3, 0.4) is 0 Å². The summed E-state index contributed by atoms with van der Waals surface area (Å²) in [7, 11) is 0. The van der Waals surface area contributed by atoms with E-state index in [9.17, 15) is 10.1 Å². The highest BCUT2D eigenvalue weighted by molar-refractivity contribution is 5.44. The monoisotopic (exact) mass is 275 g/mol. The summed E-state index contributed by atoms with van der Waals surface area (Å²) >= 11 is 0. The third kappa shape index (κ3) is 2.83. The number of benzene rings is 1. The average Bonchev–Trinajstić information content (AvgIpc) is 2.88. The Labute approximate surface area is 116 Å². The molecule has 0 aliphatic rings. The van der Waals surface area contributed by atoms with Gasteiger partial charge in [0.2, 0.25) is 0 Å². The van der Waals surface area contributed by atoms with Crippen LogP contribution in [0.2, 0.25) is 0 Å². The van der Waals surface area contributed by atoms with Gasteiger partial charge in [0.1, 0.15) is 0 Å². The van der Waals surface area contributed by atoms with E-state index < -0.39 is 0 Å². The van der Waals surface area contributed by atoms with Crippen molar-refractivity contribution in [3.8, 4) is 0 Å². The summed E-state index contributed by atoms with van der Waals surface area (Å²) in [4.78, 5) is 10.5. The lowest BCUT2D eigenvalue weighted by Crippen LogP contribution is -2.09. The van der Waals surface area contributed by atoms with Crippen molar-refractivity contribution in [2.45, 2.75) is 32.9 Å². The Hall–Kier alpha value is -2.28. The fraction of sp³-hybridized carbons (Fsp3) is 0.385. The van der Waals surface area contributed by atoms with Crippen LogP contribution in [0.15, 0.2) is 24.4 Å². The van der Waals surface area contributed by atoms with Crippen molar-refractivity contribution in [1.82, 2.24) is 15.0 Å². The minimum Gasteiger partial charge on any atom is -0.323 e. The summed E-state index contributed by atoms with van der Waals surface area (Å²) in [5.41, 5.74) is 8.24. The van der Waals surface area contributed by atoms with Gasteiger partial charge < -0.3 is 5.73 Å². The Morgan fingerprint density at radius 3 is 2.90 bits per heavy atom. The molecule has 106 valence electrons. The molecule has 7 nitrogen and oxygen atoms in total. The van der Waals surface area contributed by atoms with Crippen molar-refractivity contribution in [3.05, 3.63) is 51.3 Å². The molecule has 0 saturated carbocycles. The average molecular weight is 275 g/mol. The Balaban J connectivity index is 2.24. The molecule has 7 heteroatoms. The standard InChI is InChI=1S/C13H17N5O2/c1-3-11(14)12-8-17(16-15-12)7-10-5-4-6-13(9(10)2)18(19)20/h4-6,8,11H,3,7,14H2,1-2H3. The molecule has 0 aliphatic heterocycles. The highest BCUT2D eigenvalue weighted by Crippen LogP contribution is 2.21. The van der Waals surface area contributed by atoms with Crippen molar-refractivity contribution >= 4 is 5.69 Å². The van der Waals surface area contributed by atoms with Crippen LogP contribution >= 0.6 is 0 Å². The van der Waals surface area contributed by atoms with Crippen LogP contribution in [0.25, 0.3) is 0 Å². The van der Waals surface area contributed by atoms with Crippen molar-refractivity contribution in [3.63, 3.8) is 0 Å². The van der Waals surface area contributed by atoms with E-state index >= 15 is 0 Å². The predicted octanol–water partition coefficient (Wildman–Crippen LogP) is 1.95. The van der Waals surface area contributed by atoms with Crippen molar-refractivity contribution in [2.24, 2.45) is 5.73 Å². The zero-order chi connectivity index (χ0) is 14.7. The highest BCUT2D eigenvalue weighted by Gasteiger charge is 2.14. The molecule has 0 fully saturated rings. The molecule has 0 spiro atoms. The van der Waals surface area contributed by atoms with E-state index in [-0.39, 0.29) is 16.7 Å². The first kappa shape index (κ1) is 14.1. The Morgan fingerprint density at radius 2 is 2.25 bits per heavy atom. The smallest absolute Gasteiger partial charge is 0.272 e. The number of hydrogen-bond acceptors (Lipinski definition) is 5. The number of hydrogen-bond donors (Lipinski definition) is 1. The second-order valence-electron chi connectivity index (χ2n) is 4.67. The van der Waals surface area contributed by atoms with Gasteiger partial charge in [-0.15, -0.1) is 5.10 Å². The van der Waals surface area contributed by atoms with E-state index in [1.807, 2.05) is 13.0 Å². The van der Waals surface area contributed by atoms with E-state index in [1.165, 1.54) is 6.07 Å². The summed E-state index contributed by atoms with van der Waals surface area (Å²) < 4.78 is 1.65. The fourth-order valence-electron chi connectivity index (χ4n) is 1.98. The van der Waals surface area contributed by atoms with Crippen molar-refractivity contribution in [1.29, 1.82) is 0 Å². The first-order valence-corrected chi connectivity index (χ1v) is 6.41. The van der Waals surface area contributed by atoms with Gasteiger partial charge in [-0.2, -0.15) is 0 Å². The first-order chi connectivity index (χ1) is 9.52. The molecule has 0 saturated heterocycles. The molecule has 0 bridgehead atoms. The van der Waals surface area contributed by atoms with Gasteiger partial charge in [-0.3, -0.25) is 10.1 Å². The molecule has 0 amide bonds. The molecule has 1 aromatic heterocycles. The lowest BCUT2D eigenvalue weighted by molar-refractivity contribution is -0.385. The van der Waals surface area contributed by atoms with Gasteiger partial charge in [-0.05, 0) is 18.9 Å². The van der Waals surface area contributed by atoms with E-state index in [1.54, 1.807) is 23.9 Å². The third-order valence-corrected chi connectivity index (χ3v) is 3.32. The van der Waals surface area contributed by atoms with Gasteiger partial charge in [0.05, 0.1) is 29.4 Å². The third-order valence-electron chi connectivity index (χ3n) is 3.32. The molecule has 2 aromatic rings. The molecule has 2 rings (SSSR count). The normalized spacial score (nSPS) is 12.3. The zero-order valence-corrected chi connectivity index (χ0v) is 11.5. The number of nitro groups is 1. The van der Waals surface area contributed by atoms with E-state index in [4.69, 9.17) is 5.73 Å². The van der Waals surface area contributed by atoms with Crippen LogP contribution in [0.5, 0.6) is 0 Å². The molecule has 1 unspecified atom stereocenters. The van der Waals surface area contributed by atoms with Gasteiger partial charge in [-0.1, -0.05) is 24.3 Å². The zero-order valence-electron chi connectivity index (χ0n) is 11.5. The first-order valence-electron chi connectivity index (χ1n) is 6.41. The highest BCUT2D eigenvalue weighted by atomic mass is 16.6. The molecular weight excluding hydrogens is 258 g/mol. The van der Waals surface area contributed by atoms with Gasteiger partial charge in [0.15, 0.2) is 0 Å². The Bertz CT molecular complexity index is 623. The number of aromatic nitrogens is 3. The van der Waals surface area contributed by atoms with E-state index in [2.05, 4.69) is 10.3 Å². The number of nitrogens with zero attached hydrogens (tertiary/aromatic N) is 4. The lowest BCUT2D eigenvalue weighted by atomic mass is 10.1. The molecule has 1 heterocycles. The number of nitro benzene ring substituents is 1. The van der Waals surface area contributed by atoms with E-state index in [0.717, 1.165) is 17.7 Å². The van der Waals surface area contributed by atoms with Crippen LogP contribution in [-0.4, -0.2) is 19.9 Å². The molecular formula is C13H17N5O2. The van der Waals surface area contributed by atoms with Crippen molar-refractivity contribution in [2.75, 3.05) is 0 Å². The van der Waals surface area contributed by atoms with Crippen molar-refractivity contribution < 1.29 is 4.92 Å². The maximum Gasteiger partial charge on any atom is 0.272 e. The molecule has 20 heavy (non-hydrogen) atoms. The van der Waals surface area contributed by atoms with Gasteiger partial charge in [0, 0.05) is 11.6 Å².